The van der Waals surface area contributed by atoms with E-state index in [9.17, 15) is 9.59 Å². The fourth-order valence-electron chi connectivity index (χ4n) is 1.94. The second kappa shape index (κ2) is 4.55. The van der Waals surface area contributed by atoms with Gasteiger partial charge in [0.1, 0.15) is 0 Å². The Labute approximate surface area is 99.3 Å². The lowest BCUT2D eigenvalue weighted by Crippen LogP contribution is -2.35. The van der Waals surface area contributed by atoms with Crippen LogP contribution >= 0.6 is 0 Å². The number of rotatable bonds is 2. The Bertz CT molecular complexity index is 459. The molecule has 0 spiro atoms. The number of hydrogen-bond donors (Lipinski definition) is 1. The summed E-state index contributed by atoms with van der Waals surface area (Å²) in [5.41, 5.74) is 1.53. The molecule has 5 heteroatoms. The molecule has 2 rings (SSSR count). The Kier molecular flexibility index (Phi) is 3.10. The molecule has 0 saturated carbocycles. The van der Waals surface area contributed by atoms with Crippen molar-refractivity contribution in [3.8, 4) is 0 Å². The van der Waals surface area contributed by atoms with E-state index in [-0.39, 0.29) is 18.2 Å². The van der Waals surface area contributed by atoms with Crippen LogP contribution in [0.2, 0.25) is 0 Å². The molecular weight excluding hydrogens is 220 g/mol. The van der Waals surface area contributed by atoms with Crippen molar-refractivity contribution in [1.82, 2.24) is 5.06 Å². The number of hydrogen-bond acceptors (Lipinski definition) is 3. The van der Waals surface area contributed by atoms with Crippen LogP contribution in [0.15, 0.2) is 24.3 Å². The Morgan fingerprint density at radius 1 is 1.47 bits per heavy atom. The monoisotopic (exact) mass is 234 g/mol. The van der Waals surface area contributed by atoms with Gasteiger partial charge in [0, 0.05) is 19.2 Å². The van der Waals surface area contributed by atoms with Gasteiger partial charge in [-0.15, -0.1) is 0 Å². The molecule has 1 aromatic carbocycles. The van der Waals surface area contributed by atoms with Gasteiger partial charge in [-0.2, -0.15) is 0 Å². The summed E-state index contributed by atoms with van der Waals surface area (Å²) in [5, 5.41) is 3.90. The maximum absolute atomic E-state index is 12.1. The topological polar surface area (TPSA) is 58.6 Å². The van der Waals surface area contributed by atoms with E-state index in [1.807, 2.05) is 18.2 Å². The number of fused-ring (bicyclic) bond motifs is 1. The minimum absolute atomic E-state index is 0.147. The number of amides is 2. The highest BCUT2D eigenvalue weighted by Gasteiger charge is 2.32. The number of benzene rings is 1. The molecule has 0 fully saturated rings. The van der Waals surface area contributed by atoms with Gasteiger partial charge in [0.2, 0.25) is 5.91 Å². The number of para-hydroxylation sites is 1. The first-order valence-corrected chi connectivity index (χ1v) is 5.34. The minimum Gasteiger partial charge on any atom is -0.326 e. The summed E-state index contributed by atoms with van der Waals surface area (Å²) >= 11 is 0. The van der Waals surface area contributed by atoms with Crippen molar-refractivity contribution in [2.24, 2.45) is 0 Å². The predicted molar refractivity (Wildman–Crippen MR) is 62.2 cm³/mol. The third-order valence-electron chi connectivity index (χ3n) is 2.88. The molecule has 1 aliphatic rings. The normalized spacial score (nSPS) is 18.2. The Hall–Kier alpha value is -1.88. The van der Waals surface area contributed by atoms with E-state index in [4.69, 9.17) is 4.84 Å². The van der Waals surface area contributed by atoms with Crippen LogP contribution in [0.25, 0.3) is 0 Å². The van der Waals surface area contributed by atoms with Crippen LogP contribution in [-0.4, -0.2) is 31.0 Å². The summed E-state index contributed by atoms with van der Waals surface area (Å²) in [6.45, 7) is 0. The Morgan fingerprint density at radius 3 is 2.88 bits per heavy atom. The van der Waals surface area contributed by atoms with E-state index >= 15 is 0 Å². The predicted octanol–water partition coefficient (Wildman–Crippen LogP) is 1.13. The van der Waals surface area contributed by atoms with Gasteiger partial charge < -0.3 is 5.32 Å². The molecule has 0 aliphatic carbocycles. The molecule has 0 aromatic heterocycles. The fraction of sp³-hybridized carbons (Fsp3) is 0.333. The van der Waals surface area contributed by atoms with Crippen LogP contribution < -0.4 is 5.32 Å². The first-order chi connectivity index (χ1) is 8.13. The summed E-state index contributed by atoms with van der Waals surface area (Å²) < 4.78 is 0. The van der Waals surface area contributed by atoms with Crippen LogP contribution in [0.5, 0.6) is 0 Å². The fourth-order valence-corrected chi connectivity index (χ4v) is 1.94. The first kappa shape index (κ1) is 11.6. The number of nitrogens with one attached hydrogen (secondary N) is 1. The van der Waals surface area contributed by atoms with Crippen molar-refractivity contribution in [3.63, 3.8) is 0 Å². The molecule has 0 radical (unpaired) electrons. The lowest BCUT2D eigenvalue weighted by atomic mass is 9.90. The third-order valence-corrected chi connectivity index (χ3v) is 2.88. The molecule has 1 atom stereocenters. The molecule has 1 heterocycles. The van der Waals surface area contributed by atoms with Crippen molar-refractivity contribution < 1.29 is 14.4 Å². The SMILES string of the molecule is CON(C)C(=O)C1CC(=O)Nc2ccccc21. The van der Waals surface area contributed by atoms with Crippen molar-refractivity contribution in [2.75, 3.05) is 19.5 Å². The zero-order chi connectivity index (χ0) is 12.4. The average Bonchev–Trinajstić information content (AvgIpc) is 2.35. The maximum Gasteiger partial charge on any atom is 0.253 e. The van der Waals surface area contributed by atoms with Crippen LogP contribution in [0.4, 0.5) is 5.69 Å². The van der Waals surface area contributed by atoms with E-state index in [0.29, 0.717) is 5.69 Å². The number of likely N-dealkylation sites (N-methyl/N-ethyl adjacent to an activating group) is 1. The first-order valence-electron chi connectivity index (χ1n) is 5.34. The van der Waals surface area contributed by atoms with Crippen molar-refractivity contribution in [2.45, 2.75) is 12.3 Å². The van der Waals surface area contributed by atoms with Crippen LogP contribution in [0.3, 0.4) is 0 Å². The van der Waals surface area contributed by atoms with Gasteiger partial charge in [0.05, 0.1) is 13.0 Å². The summed E-state index contributed by atoms with van der Waals surface area (Å²) in [5.74, 6) is -0.828. The largest absolute Gasteiger partial charge is 0.326 e. The summed E-state index contributed by atoms with van der Waals surface area (Å²) in [7, 11) is 2.96. The summed E-state index contributed by atoms with van der Waals surface area (Å²) in [4.78, 5) is 28.5. The van der Waals surface area contributed by atoms with Gasteiger partial charge in [0.25, 0.3) is 5.91 Å². The van der Waals surface area contributed by atoms with Crippen molar-refractivity contribution in [3.05, 3.63) is 29.8 Å². The molecule has 2 amide bonds. The number of carbonyl (C=O) groups is 2. The Morgan fingerprint density at radius 2 is 2.18 bits per heavy atom. The smallest absolute Gasteiger partial charge is 0.253 e. The molecule has 1 unspecified atom stereocenters. The van der Waals surface area contributed by atoms with E-state index in [0.717, 1.165) is 10.6 Å². The van der Waals surface area contributed by atoms with Gasteiger partial charge in [-0.1, -0.05) is 18.2 Å². The summed E-state index contributed by atoms with van der Waals surface area (Å²) in [6.07, 6.45) is 0.156. The zero-order valence-electron chi connectivity index (χ0n) is 9.77. The molecule has 0 saturated heterocycles. The lowest BCUT2D eigenvalue weighted by molar-refractivity contribution is -0.171. The van der Waals surface area contributed by atoms with Gasteiger partial charge in [0.15, 0.2) is 0 Å². The minimum atomic E-state index is -0.468. The van der Waals surface area contributed by atoms with Crippen LogP contribution in [-0.2, 0) is 14.4 Å². The molecule has 90 valence electrons. The molecular formula is C12H14N2O3. The molecule has 5 nitrogen and oxygen atoms in total. The molecule has 1 aromatic rings. The molecule has 17 heavy (non-hydrogen) atoms. The maximum atomic E-state index is 12.1. The highest BCUT2D eigenvalue weighted by atomic mass is 16.7. The van der Waals surface area contributed by atoms with Gasteiger partial charge >= 0.3 is 0 Å². The van der Waals surface area contributed by atoms with Crippen molar-refractivity contribution >= 4 is 17.5 Å². The zero-order valence-corrected chi connectivity index (χ0v) is 9.77. The Balaban J connectivity index is 2.36. The highest BCUT2D eigenvalue weighted by molar-refractivity contribution is 6.00. The molecule has 1 N–H and O–H groups in total. The van der Waals surface area contributed by atoms with Crippen LogP contribution in [0, 0.1) is 0 Å². The standard InChI is InChI=1S/C12H14N2O3/c1-14(17-2)12(16)9-7-11(15)13-10-6-4-3-5-8(9)10/h3-6,9H,7H2,1-2H3,(H,13,15). The summed E-state index contributed by atoms with van der Waals surface area (Å²) in [6, 6.07) is 7.32. The number of carbonyl (C=O) groups excluding carboxylic acids is 2. The highest BCUT2D eigenvalue weighted by Crippen LogP contribution is 2.32. The van der Waals surface area contributed by atoms with Gasteiger partial charge in [-0.05, 0) is 11.6 Å². The third kappa shape index (κ3) is 2.14. The number of anilines is 1. The lowest BCUT2D eigenvalue weighted by Gasteiger charge is -2.27. The second-order valence-corrected chi connectivity index (χ2v) is 3.91. The van der Waals surface area contributed by atoms with Crippen molar-refractivity contribution in [1.29, 1.82) is 0 Å². The quantitative estimate of drug-likeness (QED) is 0.780. The molecule has 0 bridgehead atoms. The van der Waals surface area contributed by atoms with Gasteiger partial charge in [-0.3, -0.25) is 14.4 Å². The average molecular weight is 234 g/mol. The number of nitrogens with zero attached hydrogens (tertiary/aromatic N) is 1. The van der Waals surface area contributed by atoms with Crippen LogP contribution in [0.1, 0.15) is 17.9 Å². The number of hydroxylamine groups is 2. The van der Waals surface area contributed by atoms with E-state index in [1.54, 1.807) is 6.07 Å². The van der Waals surface area contributed by atoms with E-state index in [1.165, 1.54) is 14.2 Å². The van der Waals surface area contributed by atoms with E-state index in [2.05, 4.69) is 5.32 Å². The second-order valence-electron chi connectivity index (χ2n) is 3.91. The van der Waals surface area contributed by atoms with Gasteiger partial charge in [-0.25, -0.2) is 5.06 Å². The molecule has 1 aliphatic heterocycles. The van der Waals surface area contributed by atoms with E-state index < -0.39 is 5.92 Å².